The van der Waals surface area contributed by atoms with Gasteiger partial charge in [-0.2, -0.15) is 4.68 Å². The second kappa shape index (κ2) is 10.5. The van der Waals surface area contributed by atoms with E-state index in [0.29, 0.717) is 16.9 Å². The number of aromatic nitrogens is 7. The molecule has 9 nitrogen and oxygen atoms in total. The maximum Gasteiger partial charge on any atom is 0.209 e. The molecule has 4 aromatic rings. The highest BCUT2D eigenvalue weighted by Crippen LogP contribution is 2.28. The maximum atomic E-state index is 6.23. The number of ether oxygens (including phenoxy) is 1. The van der Waals surface area contributed by atoms with Crippen LogP contribution >= 0.6 is 11.8 Å². The number of hydrogen-bond acceptors (Lipinski definition) is 8. The first-order valence-electron chi connectivity index (χ1n) is 10.9. The summed E-state index contributed by atoms with van der Waals surface area (Å²) in [4.78, 5) is 0. The summed E-state index contributed by atoms with van der Waals surface area (Å²) >= 11 is 1.55. The van der Waals surface area contributed by atoms with Gasteiger partial charge in [0.1, 0.15) is 12.4 Å². The molecule has 4 rings (SSSR count). The van der Waals surface area contributed by atoms with Crippen molar-refractivity contribution >= 4 is 11.8 Å². The van der Waals surface area contributed by atoms with Crippen molar-refractivity contribution in [3.63, 3.8) is 0 Å². The number of nitrogens with zero attached hydrogens (tertiary/aromatic N) is 7. The van der Waals surface area contributed by atoms with Crippen LogP contribution in [-0.2, 0) is 13.0 Å². The monoisotopic (exact) mass is 464 g/mol. The van der Waals surface area contributed by atoms with Gasteiger partial charge in [0.25, 0.3) is 0 Å². The second-order valence-electron chi connectivity index (χ2n) is 8.05. The average molecular weight is 465 g/mol. The van der Waals surface area contributed by atoms with Crippen LogP contribution in [0, 0.1) is 6.92 Å². The second-order valence-corrected chi connectivity index (χ2v) is 9.11. The molecule has 2 N–H and O–H groups in total. The van der Waals surface area contributed by atoms with Gasteiger partial charge < -0.3 is 10.6 Å². The van der Waals surface area contributed by atoms with Crippen molar-refractivity contribution in [1.82, 2.24) is 35.1 Å². The summed E-state index contributed by atoms with van der Waals surface area (Å²) in [5.74, 6) is 9.67. The first kappa shape index (κ1) is 22.8. The zero-order valence-electron chi connectivity index (χ0n) is 19.0. The number of nitrogen functional groups attached to an aromatic ring is 1. The van der Waals surface area contributed by atoms with Crippen molar-refractivity contribution in [2.24, 2.45) is 0 Å². The molecule has 0 fully saturated rings. The molecular formula is C23H28N8OS. The lowest BCUT2D eigenvalue weighted by Gasteiger charge is -2.14. The molecule has 0 unspecified atom stereocenters. The van der Waals surface area contributed by atoms with Gasteiger partial charge in [-0.25, -0.2) is 4.68 Å². The van der Waals surface area contributed by atoms with Crippen LogP contribution in [0.25, 0.3) is 5.69 Å². The van der Waals surface area contributed by atoms with Crippen molar-refractivity contribution in [3.8, 4) is 11.4 Å². The number of para-hydroxylation sites is 1. The molecule has 2 aromatic heterocycles. The van der Waals surface area contributed by atoms with E-state index in [2.05, 4.69) is 58.6 Å². The van der Waals surface area contributed by atoms with Gasteiger partial charge in [-0.05, 0) is 59.0 Å². The number of tetrazole rings is 1. The number of thioether (sulfide) groups is 1. The third-order valence-corrected chi connectivity index (χ3v) is 6.22. The smallest absolute Gasteiger partial charge is 0.209 e. The summed E-state index contributed by atoms with van der Waals surface area (Å²) < 4.78 is 9.32. The predicted molar refractivity (Wildman–Crippen MR) is 128 cm³/mol. The molecule has 0 aliphatic heterocycles. The molecule has 172 valence electrons. The normalized spacial score (nSPS) is 11.3. The van der Waals surface area contributed by atoms with Crippen molar-refractivity contribution in [3.05, 3.63) is 71.3 Å². The third kappa shape index (κ3) is 5.51. The zero-order valence-corrected chi connectivity index (χ0v) is 19.9. The molecule has 2 aromatic carbocycles. The van der Waals surface area contributed by atoms with Crippen molar-refractivity contribution < 1.29 is 4.74 Å². The largest absolute Gasteiger partial charge is 0.485 e. The lowest BCUT2D eigenvalue weighted by molar-refractivity contribution is 0.287. The predicted octanol–water partition coefficient (Wildman–Crippen LogP) is 3.70. The first-order valence-corrected chi connectivity index (χ1v) is 11.9. The van der Waals surface area contributed by atoms with Gasteiger partial charge in [-0.15, -0.1) is 15.3 Å². The summed E-state index contributed by atoms with van der Waals surface area (Å²) in [5.41, 5.74) is 3.26. The van der Waals surface area contributed by atoms with E-state index in [1.165, 1.54) is 4.68 Å². The number of aryl methyl sites for hydroxylation is 2. The van der Waals surface area contributed by atoms with Crippen LogP contribution < -0.4 is 10.6 Å². The summed E-state index contributed by atoms with van der Waals surface area (Å²) in [6, 6.07) is 16.1. The topological polar surface area (TPSA) is 110 Å². The molecule has 0 amide bonds. The summed E-state index contributed by atoms with van der Waals surface area (Å²) in [6.45, 7) is 6.61. The summed E-state index contributed by atoms with van der Waals surface area (Å²) in [5, 5.41) is 21.2. The Morgan fingerprint density at radius 1 is 1.03 bits per heavy atom. The molecule has 0 spiro atoms. The van der Waals surface area contributed by atoms with E-state index < -0.39 is 0 Å². The Morgan fingerprint density at radius 3 is 2.64 bits per heavy atom. The Balaban J connectivity index is 1.31. The molecule has 2 heterocycles. The molecule has 10 heteroatoms. The van der Waals surface area contributed by atoms with Gasteiger partial charge in [0.15, 0.2) is 11.6 Å². The Hall–Kier alpha value is -3.40. The minimum absolute atomic E-state index is 0.263. The standard InChI is InChI=1S/C23H28N8OS/c1-16(2)19-12-11-17(3)14-20(19)32-15-22-25-27-23(30(22)24)33-13-7-10-21-26-28-29-31(21)18-8-5-4-6-9-18/h4-6,8-9,11-12,14,16H,7,10,13,15,24H2,1-3H3. The van der Waals surface area contributed by atoms with E-state index in [0.717, 1.165) is 47.0 Å². The molecule has 0 atom stereocenters. The maximum absolute atomic E-state index is 6.23. The molecule has 0 saturated carbocycles. The van der Waals surface area contributed by atoms with E-state index in [1.54, 1.807) is 16.4 Å². The fourth-order valence-corrected chi connectivity index (χ4v) is 4.23. The Bertz CT molecular complexity index is 1190. The van der Waals surface area contributed by atoms with E-state index in [9.17, 15) is 0 Å². The fourth-order valence-electron chi connectivity index (χ4n) is 3.42. The minimum atomic E-state index is 0.263. The minimum Gasteiger partial charge on any atom is -0.485 e. The Kier molecular flexibility index (Phi) is 7.23. The fraction of sp³-hybridized carbons (Fsp3) is 0.348. The average Bonchev–Trinajstić information content (AvgIpc) is 3.42. The molecule has 0 aliphatic carbocycles. The van der Waals surface area contributed by atoms with Crippen LogP contribution in [0.1, 0.15) is 49.0 Å². The van der Waals surface area contributed by atoms with Crippen LogP contribution in [0.4, 0.5) is 0 Å². The van der Waals surface area contributed by atoms with E-state index in [1.807, 2.05) is 36.4 Å². The van der Waals surface area contributed by atoms with E-state index >= 15 is 0 Å². The van der Waals surface area contributed by atoms with Crippen molar-refractivity contribution in [2.45, 2.75) is 51.3 Å². The number of nitrogens with two attached hydrogens (primary N) is 1. The highest BCUT2D eigenvalue weighted by atomic mass is 32.2. The summed E-state index contributed by atoms with van der Waals surface area (Å²) in [6.07, 6.45) is 1.62. The summed E-state index contributed by atoms with van der Waals surface area (Å²) in [7, 11) is 0. The van der Waals surface area contributed by atoms with E-state index in [-0.39, 0.29) is 6.61 Å². The SMILES string of the molecule is Cc1ccc(C(C)C)c(OCc2nnc(SCCCc3nnnn3-c3ccccc3)n2N)c1. The first-order chi connectivity index (χ1) is 16.0. The van der Waals surface area contributed by atoms with Gasteiger partial charge in [0.05, 0.1) is 5.69 Å². The number of benzene rings is 2. The molecule has 0 bridgehead atoms. The molecule has 33 heavy (non-hydrogen) atoms. The molecule has 0 saturated heterocycles. The highest BCUT2D eigenvalue weighted by molar-refractivity contribution is 7.99. The van der Waals surface area contributed by atoms with Crippen LogP contribution in [0.3, 0.4) is 0 Å². The molecule has 0 aliphatic rings. The Morgan fingerprint density at radius 2 is 1.85 bits per heavy atom. The van der Waals surface area contributed by atoms with Crippen molar-refractivity contribution in [2.75, 3.05) is 11.6 Å². The number of rotatable bonds is 10. The Labute approximate surface area is 197 Å². The van der Waals surface area contributed by atoms with Crippen molar-refractivity contribution in [1.29, 1.82) is 0 Å². The highest BCUT2D eigenvalue weighted by Gasteiger charge is 2.14. The molecular weight excluding hydrogens is 436 g/mol. The quantitative estimate of drug-likeness (QED) is 0.215. The zero-order chi connectivity index (χ0) is 23.2. The number of hydrogen-bond donors (Lipinski definition) is 1. The van der Waals surface area contributed by atoms with Gasteiger partial charge in [0, 0.05) is 12.2 Å². The van der Waals surface area contributed by atoms with Crippen LogP contribution in [-0.4, -0.2) is 40.8 Å². The van der Waals surface area contributed by atoms with Gasteiger partial charge in [-0.1, -0.05) is 55.9 Å². The van der Waals surface area contributed by atoms with Gasteiger partial charge >= 0.3 is 0 Å². The van der Waals surface area contributed by atoms with Gasteiger partial charge in [0.2, 0.25) is 5.16 Å². The lowest BCUT2D eigenvalue weighted by Crippen LogP contribution is -2.16. The van der Waals surface area contributed by atoms with Gasteiger partial charge in [-0.3, -0.25) is 0 Å². The third-order valence-electron chi connectivity index (χ3n) is 5.19. The van der Waals surface area contributed by atoms with Crippen LogP contribution in [0.2, 0.25) is 0 Å². The lowest BCUT2D eigenvalue weighted by atomic mass is 10.0. The molecule has 0 radical (unpaired) electrons. The van der Waals surface area contributed by atoms with E-state index in [4.69, 9.17) is 10.6 Å². The van der Waals surface area contributed by atoms with Crippen LogP contribution in [0.15, 0.2) is 53.7 Å². The van der Waals surface area contributed by atoms with Crippen LogP contribution in [0.5, 0.6) is 5.75 Å².